The molecule has 0 fully saturated rings. The second kappa shape index (κ2) is 10.3. The molecule has 2 aliphatic rings. The molecule has 3 heteroatoms. The van der Waals surface area contributed by atoms with Gasteiger partial charge in [0, 0.05) is 11.8 Å². The molecule has 0 bridgehead atoms. The molecule has 0 spiro atoms. The summed E-state index contributed by atoms with van der Waals surface area (Å²) in [4.78, 5) is 0. The first-order valence-electron chi connectivity index (χ1n) is 11.1. The van der Waals surface area contributed by atoms with Crippen LogP contribution in [0.4, 0.5) is 0 Å². The zero-order valence-electron chi connectivity index (χ0n) is 18.9. The molecule has 2 aliphatic carbocycles. The van der Waals surface area contributed by atoms with E-state index in [4.69, 9.17) is 0 Å². The molecule has 6 rings (SSSR count). The van der Waals surface area contributed by atoms with Crippen LogP contribution >= 0.6 is 0 Å². The number of halogens is 2. The number of fused-ring (bicyclic) bond motifs is 6. The molecule has 0 saturated heterocycles. The second-order valence-corrected chi connectivity index (χ2v) is 9.04. The van der Waals surface area contributed by atoms with Crippen molar-refractivity contribution in [2.45, 2.75) is 38.5 Å². The molecule has 0 aromatic heterocycles. The van der Waals surface area contributed by atoms with Crippen molar-refractivity contribution in [2.24, 2.45) is 0 Å². The summed E-state index contributed by atoms with van der Waals surface area (Å²) in [6.45, 7) is 4.43. The largest absolute Gasteiger partial charge is 2.00 e. The number of benzene rings is 4. The van der Waals surface area contributed by atoms with Crippen molar-refractivity contribution >= 4 is 0 Å². The smallest absolute Gasteiger partial charge is 1.00 e. The quantitative estimate of drug-likeness (QED) is 0.368. The van der Waals surface area contributed by atoms with Gasteiger partial charge in [-0.2, -0.15) is 0 Å². The van der Waals surface area contributed by atoms with Crippen molar-refractivity contribution in [1.82, 2.24) is 0 Å². The van der Waals surface area contributed by atoms with Crippen molar-refractivity contribution in [3.63, 3.8) is 0 Å². The normalized spacial score (nSPS) is 16.3. The zero-order chi connectivity index (χ0) is 20.2. The molecular formula is C30H26Cl2Zr. The van der Waals surface area contributed by atoms with Crippen molar-refractivity contribution in [1.29, 1.82) is 0 Å². The van der Waals surface area contributed by atoms with Crippen LogP contribution in [0.3, 0.4) is 0 Å². The fourth-order valence-electron chi connectivity index (χ4n) is 5.81. The van der Waals surface area contributed by atoms with Crippen LogP contribution in [0.15, 0.2) is 84.9 Å². The molecule has 0 amide bonds. The Morgan fingerprint density at radius 1 is 0.485 bits per heavy atom. The average Bonchev–Trinajstić information content (AvgIpc) is 3.24. The number of aryl methyl sites for hydroxylation is 2. The van der Waals surface area contributed by atoms with Gasteiger partial charge in [-0.05, 0) is 71.2 Å². The number of hydrogen-bond acceptors (Lipinski definition) is 0. The fraction of sp³-hybridized carbons (Fsp3) is 0.200. The molecular weight excluding hydrogens is 522 g/mol. The number of rotatable bonds is 3. The molecule has 4 aromatic rings. The van der Waals surface area contributed by atoms with Crippen LogP contribution in [0, 0.1) is 13.8 Å². The summed E-state index contributed by atoms with van der Waals surface area (Å²) < 4.78 is 0. The second-order valence-electron chi connectivity index (χ2n) is 9.04. The first-order valence-corrected chi connectivity index (χ1v) is 11.1. The maximum absolute atomic E-state index is 2.42. The van der Waals surface area contributed by atoms with Crippen molar-refractivity contribution in [3.05, 3.63) is 118 Å². The van der Waals surface area contributed by atoms with Crippen molar-refractivity contribution < 1.29 is 51.0 Å². The van der Waals surface area contributed by atoms with Crippen LogP contribution in [-0.2, 0) is 26.2 Å². The van der Waals surface area contributed by atoms with E-state index in [1.807, 2.05) is 0 Å². The van der Waals surface area contributed by atoms with Crippen LogP contribution in [0.1, 0.15) is 58.1 Å². The van der Waals surface area contributed by atoms with Gasteiger partial charge < -0.3 is 24.8 Å². The Hall–Kier alpha value is -1.66. The maximum atomic E-state index is 2.42. The summed E-state index contributed by atoms with van der Waals surface area (Å²) in [5.74, 6) is 0.995. The molecule has 0 saturated carbocycles. The Morgan fingerprint density at radius 3 is 1.27 bits per heavy atom. The van der Waals surface area contributed by atoms with E-state index >= 15 is 0 Å². The minimum absolute atomic E-state index is 0. The van der Waals surface area contributed by atoms with Gasteiger partial charge in [-0.1, -0.05) is 96.1 Å². The predicted octanol–water partition coefficient (Wildman–Crippen LogP) is 2.01. The first-order chi connectivity index (χ1) is 14.7. The SMILES string of the molecule is Cc1ccc2c(c1)C(CCC1c3ccccc3-c3ccc(C)cc31)c1ccccc1-2.[Cl-].[Cl-].[Zr+2]. The van der Waals surface area contributed by atoms with Crippen LogP contribution in [-0.4, -0.2) is 0 Å². The Balaban J connectivity index is 0.00000102. The van der Waals surface area contributed by atoms with Gasteiger partial charge in [0.1, 0.15) is 0 Å². The summed E-state index contributed by atoms with van der Waals surface area (Å²) in [6, 6.07) is 32.0. The maximum Gasteiger partial charge on any atom is 2.00 e. The fourth-order valence-corrected chi connectivity index (χ4v) is 5.81. The Morgan fingerprint density at radius 2 is 0.848 bits per heavy atom. The number of hydrogen-bond donors (Lipinski definition) is 0. The van der Waals surface area contributed by atoms with Gasteiger partial charge >= 0.3 is 26.2 Å². The van der Waals surface area contributed by atoms with E-state index in [-0.39, 0.29) is 51.0 Å². The summed E-state index contributed by atoms with van der Waals surface area (Å²) in [7, 11) is 0. The van der Waals surface area contributed by atoms with E-state index in [9.17, 15) is 0 Å². The minimum Gasteiger partial charge on any atom is -1.00 e. The monoisotopic (exact) mass is 546 g/mol. The van der Waals surface area contributed by atoms with E-state index < -0.39 is 0 Å². The van der Waals surface area contributed by atoms with E-state index in [0.29, 0.717) is 11.8 Å². The van der Waals surface area contributed by atoms with E-state index in [2.05, 4.69) is 98.8 Å². The summed E-state index contributed by atoms with van der Waals surface area (Å²) >= 11 is 0. The van der Waals surface area contributed by atoms with Crippen LogP contribution in [0.5, 0.6) is 0 Å². The molecule has 0 heterocycles. The standard InChI is InChI=1S/C30H26.2ClH.Zr/c1-19-11-13-25-21-7-3-5-9-23(21)27(29(25)17-19)15-16-28-24-10-6-4-8-22(24)26-14-12-20(2)18-30(26)28;;;/h3-14,17-18,27-28H,15-16H2,1-2H3;2*1H;/q;;;+2/p-2. The van der Waals surface area contributed by atoms with Gasteiger partial charge in [0.25, 0.3) is 0 Å². The third-order valence-electron chi connectivity index (χ3n) is 7.16. The Kier molecular flexibility index (Phi) is 8.11. The van der Waals surface area contributed by atoms with Gasteiger partial charge in [0.05, 0.1) is 0 Å². The van der Waals surface area contributed by atoms with Crippen LogP contribution < -0.4 is 24.8 Å². The minimum atomic E-state index is 0. The van der Waals surface area contributed by atoms with E-state index in [1.165, 1.54) is 68.5 Å². The molecule has 0 aliphatic heterocycles. The predicted molar refractivity (Wildman–Crippen MR) is 126 cm³/mol. The van der Waals surface area contributed by atoms with Crippen molar-refractivity contribution in [2.75, 3.05) is 0 Å². The summed E-state index contributed by atoms with van der Waals surface area (Å²) in [5.41, 5.74) is 14.5. The van der Waals surface area contributed by atoms with Gasteiger partial charge in [0.2, 0.25) is 0 Å². The van der Waals surface area contributed by atoms with Crippen LogP contribution in [0.25, 0.3) is 22.3 Å². The topological polar surface area (TPSA) is 0 Å². The molecule has 2 atom stereocenters. The Labute approximate surface area is 228 Å². The van der Waals surface area contributed by atoms with Gasteiger partial charge in [-0.25, -0.2) is 0 Å². The first kappa shape index (κ1) is 26.0. The van der Waals surface area contributed by atoms with Gasteiger partial charge in [-0.15, -0.1) is 0 Å². The summed E-state index contributed by atoms with van der Waals surface area (Å²) in [5, 5.41) is 0. The third-order valence-corrected chi connectivity index (χ3v) is 7.16. The summed E-state index contributed by atoms with van der Waals surface area (Å²) in [6.07, 6.45) is 2.36. The molecule has 2 unspecified atom stereocenters. The molecule has 0 radical (unpaired) electrons. The van der Waals surface area contributed by atoms with Crippen molar-refractivity contribution in [3.8, 4) is 22.3 Å². The van der Waals surface area contributed by atoms with Gasteiger partial charge in [0.15, 0.2) is 0 Å². The molecule has 33 heavy (non-hydrogen) atoms. The average molecular weight is 549 g/mol. The van der Waals surface area contributed by atoms with Gasteiger partial charge in [-0.3, -0.25) is 0 Å². The Bertz CT molecular complexity index is 1190. The third kappa shape index (κ3) is 4.29. The molecule has 0 N–H and O–H groups in total. The zero-order valence-corrected chi connectivity index (χ0v) is 22.9. The van der Waals surface area contributed by atoms with E-state index in [0.717, 1.165) is 0 Å². The van der Waals surface area contributed by atoms with E-state index in [1.54, 1.807) is 0 Å². The molecule has 0 nitrogen and oxygen atoms in total. The molecule has 4 aromatic carbocycles. The van der Waals surface area contributed by atoms with Crippen LogP contribution in [0.2, 0.25) is 0 Å². The molecule has 164 valence electrons.